The van der Waals surface area contributed by atoms with Crippen LogP contribution in [-0.4, -0.2) is 29.3 Å². The number of rotatable bonds is 4. The second-order valence-electron chi connectivity index (χ2n) is 7.78. The largest absolute Gasteiger partial charge is 0.348 e. The van der Waals surface area contributed by atoms with Crippen LogP contribution in [0.3, 0.4) is 0 Å². The first kappa shape index (κ1) is 20.3. The van der Waals surface area contributed by atoms with Crippen molar-refractivity contribution in [2.75, 3.05) is 6.54 Å². The molecular formula is C22H21ClFN3O3. The van der Waals surface area contributed by atoms with Crippen molar-refractivity contribution in [2.24, 2.45) is 0 Å². The predicted molar refractivity (Wildman–Crippen MR) is 109 cm³/mol. The number of hydrogen-bond acceptors (Lipinski definition) is 3. The predicted octanol–water partition coefficient (Wildman–Crippen LogP) is 3.44. The number of amides is 4. The zero-order chi connectivity index (χ0) is 21.5. The Morgan fingerprint density at radius 1 is 1.30 bits per heavy atom. The number of fused-ring (bicyclic) bond motifs is 1. The minimum atomic E-state index is -1.47. The van der Waals surface area contributed by atoms with Gasteiger partial charge in [-0.15, -0.1) is 0 Å². The molecule has 1 fully saturated rings. The van der Waals surface area contributed by atoms with Crippen molar-refractivity contribution in [3.63, 3.8) is 0 Å². The highest BCUT2D eigenvalue weighted by molar-refractivity contribution is 6.32. The van der Waals surface area contributed by atoms with Crippen LogP contribution in [0, 0.1) is 5.82 Å². The topological polar surface area (TPSA) is 78.5 Å². The molecule has 6 nitrogen and oxygen atoms in total. The Morgan fingerprint density at radius 3 is 2.83 bits per heavy atom. The maximum Gasteiger partial charge on any atom is 0.325 e. The van der Waals surface area contributed by atoms with E-state index in [9.17, 15) is 18.8 Å². The minimum Gasteiger partial charge on any atom is -0.348 e. The molecule has 30 heavy (non-hydrogen) atoms. The molecule has 2 N–H and O–H groups in total. The number of carbonyl (C=O) groups excluding carboxylic acids is 3. The van der Waals surface area contributed by atoms with Gasteiger partial charge < -0.3 is 10.6 Å². The Bertz CT molecular complexity index is 1040. The van der Waals surface area contributed by atoms with Gasteiger partial charge in [-0.3, -0.25) is 14.5 Å². The Labute approximate surface area is 178 Å². The average Bonchev–Trinajstić information content (AvgIpc) is 2.92. The highest BCUT2D eigenvalue weighted by Gasteiger charge is 2.50. The Hall–Kier alpha value is -2.93. The van der Waals surface area contributed by atoms with Crippen LogP contribution in [0.1, 0.15) is 42.5 Å². The van der Waals surface area contributed by atoms with E-state index in [0.29, 0.717) is 0 Å². The molecule has 2 aromatic rings. The van der Waals surface area contributed by atoms with Crippen LogP contribution in [-0.2, 0) is 21.5 Å². The molecule has 0 bridgehead atoms. The van der Waals surface area contributed by atoms with E-state index in [1.165, 1.54) is 24.6 Å². The lowest BCUT2D eigenvalue weighted by atomic mass is 9.88. The van der Waals surface area contributed by atoms with E-state index in [1.54, 1.807) is 0 Å². The summed E-state index contributed by atoms with van der Waals surface area (Å²) >= 11 is 6.10. The number of imide groups is 1. The van der Waals surface area contributed by atoms with Gasteiger partial charge in [0.1, 0.15) is 17.9 Å². The number of nitrogens with one attached hydrogen (secondary N) is 2. The van der Waals surface area contributed by atoms with Gasteiger partial charge in [-0.25, -0.2) is 9.18 Å². The number of benzene rings is 2. The van der Waals surface area contributed by atoms with Crippen molar-refractivity contribution >= 4 is 29.4 Å². The molecule has 1 saturated heterocycles. The summed E-state index contributed by atoms with van der Waals surface area (Å²) in [5.74, 6) is -1.58. The molecule has 156 valence electrons. The zero-order valence-corrected chi connectivity index (χ0v) is 17.1. The Morgan fingerprint density at radius 2 is 2.07 bits per heavy atom. The quantitative estimate of drug-likeness (QED) is 0.731. The van der Waals surface area contributed by atoms with Gasteiger partial charge in [-0.05, 0) is 49.4 Å². The summed E-state index contributed by atoms with van der Waals surface area (Å²) < 4.78 is 13.4. The first-order valence-corrected chi connectivity index (χ1v) is 10.1. The first-order chi connectivity index (χ1) is 14.3. The zero-order valence-electron chi connectivity index (χ0n) is 16.4. The molecule has 1 heterocycles. The number of carbonyl (C=O) groups is 3. The third kappa shape index (κ3) is 3.54. The Kier molecular flexibility index (Phi) is 5.24. The molecule has 2 unspecified atom stereocenters. The van der Waals surface area contributed by atoms with E-state index in [0.717, 1.165) is 35.8 Å². The van der Waals surface area contributed by atoms with Crippen molar-refractivity contribution in [3.8, 4) is 0 Å². The highest BCUT2D eigenvalue weighted by atomic mass is 35.5. The van der Waals surface area contributed by atoms with Crippen molar-refractivity contribution in [1.82, 2.24) is 15.5 Å². The highest BCUT2D eigenvalue weighted by Crippen LogP contribution is 2.34. The fraction of sp³-hybridized carbons (Fsp3) is 0.318. The normalized spacial score (nSPS) is 23.2. The third-order valence-electron chi connectivity index (χ3n) is 5.75. The van der Waals surface area contributed by atoms with E-state index < -0.39 is 35.7 Å². The van der Waals surface area contributed by atoms with E-state index in [4.69, 9.17) is 11.6 Å². The minimum absolute atomic E-state index is 0.0243. The molecule has 0 saturated carbocycles. The molecule has 4 rings (SSSR count). The maximum atomic E-state index is 13.4. The van der Waals surface area contributed by atoms with Crippen LogP contribution in [0.25, 0.3) is 0 Å². The van der Waals surface area contributed by atoms with Gasteiger partial charge in [0.2, 0.25) is 5.91 Å². The summed E-state index contributed by atoms with van der Waals surface area (Å²) in [6.45, 7) is 1.08. The van der Waals surface area contributed by atoms with Crippen LogP contribution in [0.2, 0.25) is 5.02 Å². The molecule has 2 aliphatic rings. The van der Waals surface area contributed by atoms with Gasteiger partial charge in [-0.1, -0.05) is 41.9 Å². The fourth-order valence-electron chi connectivity index (χ4n) is 4.21. The van der Waals surface area contributed by atoms with Gasteiger partial charge >= 0.3 is 6.03 Å². The molecule has 4 amide bonds. The number of aryl methyl sites for hydroxylation is 1. The molecule has 1 aliphatic carbocycles. The lowest BCUT2D eigenvalue weighted by Crippen LogP contribution is -2.44. The molecule has 0 aromatic heterocycles. The summed E-state index contributed by atoms with van der Waals surface area (Å²) in [6.07, 6.45) is 2.71. The second kappa shape index (κ2) is 7.72. The van der Waals surface area contributed by atoms with Gasteiger partial charge in [0, 0.05) is 10.6 Å². The lowest BCUT2D eigenvalue weighted by Gasteiger charge is -2.27. The van der Waals surface area contributed by atoms with Crippen LogP contribution in [0.15, 0.2) is 42.5 Å². The monoisotopic (exact) mass is 429 g/mol. The first-order valence-electron chi connectivity index (χ1n) is 9.76. The van der Waals surface area contributed by atoms with Crippen LogP contribution < -0.4 is 10.6 Å². The van der Waals surface area contributed by atoms with E-state index in [1.807, 2.05) is 24.3 Å². The van der Waals surface area contributed by atoms with Gasteiger partial charge in [0.05, 0.1) is 6.04 Å². The molecule has 8 heteroatoms. The summed E-state index contributed by atoms with van der Waals surface area (Å²) in [5.41, 5.74) is 1.06. The van der Waals surface area contributed by atoms with Crippen molar-refractivity contribution < 1.29 is 18.8 Å². The molecule has 0 spiro atoms. The van der Waals surface area contributed by atoms with E-state index >= 15 is 0 Å². The Balaban J connectivity index is 1.49. The van der Waals surface area contributed by atoms with E-state index in [-0.39, 0.29) is 16.6 Å². The van der Waals surface area contributed by atoms with Crippen LogP contribution in [0.4, 0.5) is 9.18 Å². The van der Waals surface area contributed by atoms with Gasteiger partial charge in [-0.2, -0.15) is 0 Å². The second-order valence-corrected chi connectivity index (χ2v) is 8.19. The van der Waals surface area contributed by atoms with Gasteiger partial charge in [0.15, 0.2) is 0 Å². The average molecular weight is 430 g/mol. The number of nitrogens with zero attached hydrogens (tertiary/aromatic N) is 1. The molecule has 1 aliphatic heterocycles. The maximum absolute atomic E-state index is 13.4. The van der Waals surface area contributed by atoms with Crippen LogP contribution in [0.5, 0.6) is 0 Å². The summed E-state index contributed by atoms with van der Waals surface area (Å²) in [6, 6.07) is 10.7. The SMILES string of the molecule is CC1(c2ccc(F)cc2Cl)NC(=O)N(CC(=O)NC2CCCc3ccccc32)C1=O. The lowest BCUT2D eigenvalue weighted by molar-refractivity contribution is -0.135. The molecule has 0 radical (unpaired) electrons. The fourth-order valence-corrected chi connectivity index (χ4v) is 4.56. The molecule has 2 aromatic carbocycles. The number of urea groups is 1. The third-order valence-corrected chi connectivity index (χ3v) is 6.06. The molecule has 2 atom stereocenters. The smallest absolute Gasteiger partial charge is 0.325 e. The van der Waals surface area contributed by atoms with Gasteiger partial charge in [0.25, 0.3) is 5.91 Å². The number of halogens is 2. The van der Waals surface area contributed by atoms with Crippen LogP contribution >= 0.6 is 11.6 Å². The number of hydrogen-bond donors (Lipinski definition) is 2. The summed E-state index contributed by atoms with van der Waals surface area (Å²) in [7, 11) is 0. The standard InChI is InChI=1S/C22H21ClFN3O3/c1-22(16-10-9-14(24)11-17(16)23)20(29)27(21(30)26-22)12-19(28)25-18-8-4-6-13-5-2-3-7-15(13)18/h2-3,5,7,9-11,18H,4,6,8,12H2,1H3,(H,25,28)(H,26,30). The summed E-state index contributed by atoms with van der Waals surface area (Å²) in [5, 5.41) is 5.55. The van der Waals surface area contributed by atoms with Crippen molar-refractivity contribution in [2.45, 2.75) is 37.8 Å². The summed E-state index contributed by atoms with van der Waals surface area (Å²) in [4.78, 5) is 39.0. The van der Waals surface area contributed by atoms with E-state index in [2.05, 4.69) is 10.6 Å². The molecular weight excluding hydrogens is 409 g/mol. The van der Waals surface area contributed by atoms with Crippen molar-refractivity contribution in [3.05, 3.63) is 70.0 Å². The van der Waals surface area contributed by atoms with Crippen molar-refractivity contribution in [1.29, 1.82) is 0 Å².